The van der Waals surface area contributed by atoms with Gasteiger partial charge in [-0.1, -0.05) is 24.3 Å². The highest BCUT2D eigenvalue weighted by molar-refractivity contribution is 7.92. The second kappa shape index (κ2) is 6.43. The van der Waals surface area contributed by atoms with Crippen molar-refractivity contribution >= 4 is 27.3 Å². The highest BCUT2D eigenvalue weighted by atomic mass is 32.2. The van der Waals surface area contributed by atoms with E-state index in [9.17, 15) is 13.2 Å². The predicted octanol–water partition coefficient (Wildman–Crippen LogP) is 3.21. The Morgan fingerprint density at radius 3 is 2.69 bits per heavy atom. The number of hydrogen-bond acceptors (Lipinski definition) is 3. The number of sulfonamides is 1. The van der Waals surface area contributed by atoms with E-state index in [0.29, 0.717) is 24.2 Å². The second-order valence-corrected chi connectivity index (χ2v) is 9.02. The third-order valence-corrected chi connectivity index (χ3v) is 7.03. The maximum atomic E-state index is 13.2. The SMILES string of the molecule is CC1Cc2ccccc2N1C(=O)c1cccc(N2CCCCS2(=O)=O)c1. The first-order valence-electron chi connectivity index (χ1n) is 8.99. The number of hydrogen-bond donors (Lipinski definition) is 0. The first-order chi connectivity index (χ1) is 12.5. The Morgan fingerprint density at radius 2 is 1.88 bits per heavy atom. The largest absolute Gasteiger partial charge is 0.305 e. The number of amides is 1. The van der Waals surface area contributed by atoms with Gasteiger partial charge in [-0.3, -0.25) is 9.10 Å². The summed E-state index contributed by atoms with van der Waals surface area (Å²) in [5.74, 6) is 0.0838. The quantitative estimate of drug-likeness (QED) is 0.816. The molecule has 1 fully saturated rings. The molecule has 2 aliphatic heterocycles. The van der Waals surface area contributed by atoms with Crippen molar-refractivity contribution in [2.75, 3.05) is 21.5 Å². The lowest BCUT2D eigenvalue weighted by Gasteiger charge is -2.29. The zero-order valence-electron chi connectivity index (χ0n) is 14.8. The van der Waals surface area contributed by atoms with E-state index in [-0.39, 0.29) is 17.7 Å². The van der Waals surface area contributed by atoms with Gasteiger partial charge in [-0.25, -0.2) is 8.42 Å². The van der Waals surface area contributed by atoms with E-state index >= 15 is 0 Å². The lowest BCUT2D eigenvalue weighted by molar-refractivity contribution is 0.0981. The lowest BCUT2D eigenvalue weighted by Crippen LogP contribution is -2.38. The molecular formula is C20H22N2O3S. The molecule has 0 saturated carbocycles. The van der Waals surface area contributed by atoms with E-state index in [1.54, 1.807) is 24.3 Å². The van der Waals surface area contributed by atoms with Crippen LogP contribution in [0.3, 0.4) is 0 Å². The Morgan fingerprint density at radius 1 is 1.08 bits per heavy atom. The highest BCUT2D eigenvalue weighted by Gasteiger charge is 2.32. The molecule has 5 nitrogen and oxygen atoms in total. The van der Waals surface area contributed by atoms with Gasteiger partial charge >= 0.3 is 0 Å². The first kappa shape index (κ1) is 17.1. The maximum absolute atomic E-state index is 13.2. The van der Waals surface area contributed by atoms with E-state index in [1.807, 2.05) is 30.0 Å². The monoisotopic (exact) mass is 370 g/mol. The number of nitrogens with zero attached hydrogens (tertiary/aromatic N) is 2. The molecule has 1 unspecified atom stereocenters. The van der Waals surface area contributed by atoms with Gasteiger partial charge in [-0.2, -0.15) is 0 Å². The van der Waals surface area contributed by atoms with Crippen LogP contribution >= 0.6 is 0 Å². The standard InChI is InChI=1S/C20H22N2O3S/c1-15-13-16-7-2-3-10-19(16)22(15)20(23)17-8-6-9-18(14-17)21-11-4-5-12-26(21,24)25/h2-3,6-10,14-15H,4-5,11-13H2,1H3. The second-order valence-electron chi connectivity index (χ2n) is 7.00. The van der Waals surface area contributed by atoms with Gasteiger partial charge in [0.05, 0.1) is 11.4 Å². The fourth-order valence-electron chi connectivity index (χ4n) is 3.89. The summed E-state index contributed by atoms with van der Waals surface area (Å²) in [7, 11) is -3.29. The minimum atomic E-state index is -3.29. The van der Waals surface area contributed by atoms with Crippen LogP contribution in [-0.4, -0.2) is 32.7 Å². The third kappa shape index (κ3) is 2.88. The number of carbonyl (C=O) groups is 1. The van der Waals surface area contributed by atoms with Crippen LogP contribution in [0, 0.1) is 0 Å². The summed E-state index contributed by atoms with van der Waals surface area (Å²) in [4.78, 5) is 15.0. The highest BCUT2D eigenvalue weighted by Crippen LogP contribution is 2.33. The van der Waals surface area contributed by atoms with Crippen molar-refractivity contribution in [1.82, 2.24) is 0 Å². The summed E-state index contributed by atoms with van der Waals surface area (Å²) in [6.07, 6.45) is 2.37. The molecule has 1 saturated heterocycles. The molecule has 6 heteroatoms. The Bertz CT molecular complexity index is 955. The van der Waals surface area contributed by atoms with E-state index < -0.39 is 10.0 Å². The van der Waals surface area contributed by atoms with Gasteiger partial charge < -0.3 is 4.90 Å². The van der Waals surface area contributed by atoms with Crippen LogP contribution in [0.15, 0.2) is 48.5 Å². The minimum Gasteiger partial charge on any atom is -0.305 e. The van der Waals surface area contributed by atoms with Crippen molar-refractivity contribution in [3.8, 4) is 0 Å². The molecule has 1 atom stereocenters. The van der Waals surface area contributed by atoms with Crippen LogP contribution in [0.25, 0.3) is 0 Å². The molecule has 0 N–H and O–H groups in total. The molecule has 2 aromatic carbocycles. The summed E-state index contributed by atoms with van der Waals surface area (Å²) < 4.78 is 26.2. The fourth-order valence-corrected chi connectivity index (χ4v) is 5.52. The molecule has 4 rings (SSSR count). The minimum absolute atomic E-state index is 0.0845. The van der Waals surface area contributed by atoms with E-state index in [0.717, 1.165) is 18.5 Å². The van der Waals surface area contributed by atoms with Crippen molar-refractivity contribution in [2.45, 2.75) is 32.2 Å². The molecule has 136 valence electrons. The third-order valence-electron chi connectivity index (χ3n) is 5.16. The molecule has 0 bridgehead atoms. The van der Waals surface area contributed by atoms with Gasteiger partial charge in [0.1, 0.15) is 0 Å². The van der Waals surface area contributed by atoms with Crippen molar-refractivity contribution in [1.29, 1.82) is 0 Å². The van der Waals surface area contributed by atoms with Gasteiger partial charge in [0.25, 0.3) is 5.91 Å². The molecule has 2 aromatic rings. The zero-order chi connectivity index (χ0) is 18.3. The Balaban J connectivity index is 1.68. The Labute approximate surface area is 154 Å². The van der Waals surface area contributed by atoms with Crippen LogP contribution in [-0.2, 0) is 16.4 Å². The molecule has 2 aliphatic rings. The van der Waals surface area contributed by atoms with Crippen molar-refractivity contribution in [3.63, 3.8) is 0 Å². The zero-order valence-corrected chi connectivity index (χ0v) is 15.6. The summed E-state index contributed by atoms with van der Waals surface area (Å²) in [5, 5.41) is 0. The van der Waals surface area contributed by atoms with Gasteiger partial charge in [0.15, 0.2) is 0 Å². The normalized spacial score (nSPS) is 21.5. The Kier molecular flexibility index (Phi) is 4.23. The summed E-state index contributed by atoms with van der Waals surface area (Å²) >= 11 is 0. The smallest absolute Gasteiger partial charge is 0.258 e. The summed E-state index contributed by atoms with van der Waals surface area (Å²) in [5.41, 5.74) is 3.21. The van der Waals surface area contributed by atoms with E-state index in [4.69, 9.17) is 0 Å². The summed E-state index contributed by atoms with van der Waals surface area (Å²) in [6, 6.07) is 15.0. The van der Waals surface area contributed by atoms with Crippen molar-refractivity contribution in [2.24, 2.45) is 0 Å². The average Bonchev–Trinajstić information content (AvgIpc) is 2.96. The molecular weight excluding hydrogens is 348 g/mol. The van der Waals surface area contributed by atoms with E-state index in [1.165, 1.54) is 9.87 Å². The maximum Gasteiger partial charge on any atom is 0.258 e. The van der Waals surface area contributed by atoms with Crippen LogP contribution in [0.2, 0.25) is 0 Å². The van der Waals surface area contributed by atoms with Gasteiger partial charge in [-0.05, 0) is 56.0 Å². The van der Waals surface area contributed by atoms with Crippen LogP contribution in [0.1, 0.15) is 35.7 Å². The molecule has 2 heterocycles. The Hall–Kier alpha value is -2.34. The topological polar surface area (TPSA) is 57.7 Å². The first-order valence-corrected chi connectivity index (χ1v) is 10.6. The van der Waals surface area contributed by atoms with Gasteiger partial charge in [0, 0.05) is 23.8 Å². The van der Waals surface area contributed by atoms with Gasteiger partial charge in [0.2, 0.25) is 10.0 Å². The predicted molar refractivity (Wildman–Crippen MR) is 103 cm³/mol. The number of para-hydroxylation sites is 1. The van der Waals surface area contributed by atoms with Crippen LogP contribution in [0.4, 0.5) is 11.4 Å². The number of carbonyl (C=O) groups excluding carboxylic acids is 1. The summed E-state index contributed by atoms with van der Waals surface area (Å²) in [6.45, 7) is 2.51. The fraction of sp³-hybridized carbons (Fsp3) is 0.350. The van der Waals surface area contributed by atoms with Crippen molar-refractivity contribution < 1.29 is 13.2 Å². The molecule has 0 aliphatic carbocycles. The van der Waals surface area contributed by atoms with Crippen LogP contribution in [0.5, 0.6) is 0 Å². The van der Waals surface area contributed by atoms with Crippen LogP contribution < -0.4 is 9.21 Å². The van der Waals surface area contributed by atoms with E-state index in [2.05, 4.69) is 6.07 Å². The number of fused-ring (bicyclic) bond motifs is 1. The van der Waals surface area contributed by atoms with Crippen molar-refractivity contribution in [3.05, 3.63) is 59.7 Å². The number of benzene rings is 2. The van der Waals surface area contributed by atoms with Gasteiger partial charge in [-0.15, -0.1) is 0 Å². The molecule has 26 heavy (non-hydrogen) atoms. The number of rotatable bonds is 2. The molecule has 0 radical (unpaired) electrons. The lowest BCUT2D eigenvalue weighted by atomic mass is 10.1. The molecule has 0 aromatic heterocycles. The average molecular weight is 370 g/mol. The molecule has 1 amide bonds. The number of anilines is 2. The molecule has 0 spiro atoms.